The summed E-state index contributed by atoms with van der Waals surface area (Å²) in [5.41, 5.74) is 3.37. The summed E-state index contributed by atoms with van der Waals surface area (Å²) < 4.78 is 105. The van der Waals surface area contributed by atoms with Gasteiger partial charge in [-0.05, 0) is 61.4 Å². The van der Waals surface area contributed by atoms with Gasteiger partial charge in [-0.1, -0.05) is 50.1 Å². The minimum atomic E-state index is -4.77. The zero-order valence-corrected chi connectivity index (χ0v) is 24.4. The van der Waals surface area contributed by atoms with E-state index < -0.39 is 50.8 Å². The van der Waals surface area contributed by atoms with Crippen LogP contribution < -0.4 is 15.2 Å². The number of likely N-dealkylation sites (tertiary alicyclic amines) is 1. The van der Waals surface area contributed by atoms with Gasteiger partial charge in [0.25, 0.3) is 5.92 Å². The molecule has 236 valence electrons. The number of benzene rings is 2. The molecule has 2 fully saturated rings. The molecule has 1 saturated heterocycles. The number of nitrogens with two attached hydrogens (primary N) is 1. The highest BCUT2D eigenvalue weighted by Crippen LogP contribution is 2.37. The van der Waals surface area contributed by atoms with Crippen LogP contribution in [0.15, 0.2) is 60.0 Å². The molecule has 1 aliphatic carbocycles. The number of amides is 1. The fraction of sp³-hybridized carbons (Fsp3) is 0.500. The van der Waals surface area contributed by atoms with E-state index >= 15 is 8.78 Å². The summed E-state index contributed by atoms with van der Waals surface area (Å²) in [4.78, 5) is 14.2. The predicted octanol–water partition coefficient (Wildman–Crippen LogP) is 5.61. The lowest BCUT2D eigenvalue weighted by Gasteiger charge is -2.35. The predicted molar refractivity (Wildman–Crippen MR) is 152 cm³/mol. The molecule has 1 heterocycles. The van der Waals surface area contributed by atoms with Gasteiger partial charge in [0.1, 0.15) is 5.75 Å². The van der Waals surface area contributed by atoms with Crippen LogP contribution in [-0.2, 0) is 20.7 Å². The second-order valence-electron chi connectivity index (χ2n) is 11.2. The molecule has 3 N–H and O–H groups in total. The molecule has 0 unspecified atom stereocenters. The number of nitrogens with one attached hydrogen (secondary N) is 1. The molecule has 2 aromatic rings. The number of hydrogen-bond donors (Lipinski definition) is 2. The average molecular weight is 630 g/mol. The van der Waals surface area contributed by atoms with Crippen molar-refractivity contribution in [3.8, 4) is 5.75 Å². The van der Waals surface area contributed by atoms with Gasteiger partial charge in [0, 0.05) is 24.7 Å². The molecule has 1 aliphatic heterocycles. The summed E-state index contributed by atoms with van der Waals surface area (Å²) in [5.74, 6) is -4.47. The Hall–Kier alpha value is -3.03. The number of alkyl halides is 5. The maximum atomic E-state index is 16.0. The lowest BCUT2D eigenvalue weighted by molar-refractivity contribution is -0.145. The van der Waals surface area contributed by atoms with E-state index in [-0.39, 0.29) is 24.0 Å². The van der Waals surface area contributed by atoms with Crippen molar-refractivity contribution in [3.05, 3.63) is 66.2 Å². The van der Waals surface area contributed by atoms with Gasteiger partial charge in [-0.2, -0.15) is 26.7 Å². The quantitative estimate of drug-likeness (QED) is 0.333. The molecule has 13 heteroatoms. The number of carbonyl (C=O) groups excluding carboxylic acids is 1. The molecule has 0 aromatic heterocycles. The zero-order chi connectivity index (χ0) is 31.4. The Balaban J connectivity index is 1.57. The second-order valence-corrected chi connectivity index (χ2v) is 12.9. The number of ether oxygens (including phenoxy) is 1. The van der Waals surface area contributed by atoms with Crippen molar-refractivity contribution in [2.24, 2.45) is 11.7 Å². The summed E-state index contributed by atoms with van der Waals surface area (Å²) in [6.45, 7) is 3.54. The molecule has 2 aliphatic rings. The van der Waals surface area contributed by atoms with Crippen LogP contribution in [0, 0.1) is 5.92 Å². The van der Waals surface area contributed by atoms with Crippen LogP contribution in [0.2, 0.25) is 0 Å². The van der Waals surface area contributed by atoms with E-state index in [1.165, 1.54) is 30.7 Å². The number of carbonyl (C=O) groups is 1. The summed E-state index contributed by atoms with van der Waals surface area (Å²) in [6.07, 6.45) is 1.50. The van der Waals surface area contributed by atoms with Crippen molar-refractivity contribution >= 4 is 21.5 Å². The topological polar surface area (TPSA) is 102 Å². The molecular formula is C30H36F5N3O4S. The van der Waals surface area contributed by atoms with Crippen LogP contribution in [0.5, 0.6) is 5.75 Å². The standard InChI is InChI=1S/C30H36F5N3O4S/c1-20(30(33,34)35)22-7-9-23(10-8-22)29(31,32)27(28(39)38-17-15-24(36)16-18-38)37-43(40,41)26-13-11-25(12-14-26)42-19-21-5-3-2-4-6-21/h7-14,21,24,27,37H,1-6,15-19,36H2/t27-/m0/s1. The van der Waals surface area contributed by atoms with Gasteiger partial charge in [0.15, 0.2) is 6.04 Å². The van der Waals surface area contributed by atoms with Gasteiger partial charge in [0.2, 0.25) is 15.9 Å². The molecule has 7 nitrogen and oxygen atoms in total. The molecular weight excluding hydrogens is 593 g/mol. The largest absolute Gasteiger partial charge is 0.493 e. The maximum Gasteiger partial charge on any atom is 0.416 e. The summed E-state index contributed by atoms with van der Waals surface area (Å²) in [6, 6.07) is 5.51. The average Bonchev–Trinajstić information content (AvgIpc) is 2.99. The molecule has 0 bridgehead atoms. The van der Waals surface area contributed by atoms with Gasteiger partial charge in [0.05, 0.1) is 17.1 Å². The third-order valence-corrected chi connectivity index (χ3v) is 9.48. The van der Waals surface area contributed by atoms with E-state index in [1.54, 1.807) is 0 Å². The van der Waals surface area contributed by atoms with E-state index in [2.05, 4.69) is 6.58 Å². The first kappa shape index (κ1) is 32.9. The Bertz CT molecular complexity index is 1370. The van der Waals surface area contributed by atoms with Gasteiger partial charge >= 0.3 is 6.18 Å². The highest BCUT2D eigenvalue weighted by Gasteiger charge is 2.50. The Morgan fingerprint density at radius 1 is 0.953 bits per heavy atom. The molecule has 2 aromatic carbocycles. The minimum Gasteiger partial charge on any atom is -0.493 e. The summed E-state index contributed by atoms with van der Waals surface area (Å²) >= 11 is 0. The molecule has 4 rings (SSSR count). The number of hydrogen-bond acceptors (Lipinski definition) is 5. The first-order chi connectivity index (χ1) is 20.2. The van der Waals surface area contributed by atoms with Gasteiger partial charge in [-0.3, -0.25) is 4.79 Å². The summed E-state index contributed by atoms with van der Waals surface area (Å²) in [7, 11) is -4.66. The molecule has 1 amide bonds. The van der Waals surface area contributed by atoms with Crippen LogP contribution >= 0.6 is 0 Å². The first-order valence-electron chi connectivity index (χ1n) is 14.2. The van der Waals surface area contributed by atoms with Gasteiger partial charge < -0.3 is 15.4 Å². The van der Waals surface area contributed by atoms with Gasteiger partial charge in [-0.25, -0.2) is 8.42 Å². The Morgan fingerprint density at radius 2 is 1.53 bits per heavy atom. The van der Waals surface area contributed by atoms with Crippen LogP contribution in [0.1, 0.15) is 56.1 Å². The maximum absolute atomic E-state index is 16.0. The Kier molecular flexibility index (Phi) is 10.2. The fourth-order valence-electron chi connectivity index (χ4n) is 5.31. The van der Waals surface area contributed by atoms with Crippen LogP contribution in [-0.4, -0.2) is 57.2 Å². The number of rotatable bonds is 10. The second kappa shape index (κ2) is 13.3. The van der Waals surface area contributed by atoms with Crippen LogP contribution in [0.4, 0.5) is 22.0 Å². The highest BCUT2D eigenvalue weighted by atomic mass is 32.2. The summed E-state index contributed by atoms with van der Waals surface area (Å²) in [5, 5.41) is 0. The van der Waals surface area contributed by atoms with E-state index in [0.29, 0.717) is 31.1 Å². The van der Waals surface area contributed by atoms with Crippen molar-refractivity contribution in [2.75, 3.05) is 19.7 Å². The zero-order valence-electron chi connectivity index (χ0n) is 23.6. The molecule has 1 saturated carbocycles. The number of allylic oxidation sites excluding steroid dienone is 1. The normalized spacial score (nSPS) is 18.3. The van der Waals surface area contributed by atoms with E-state index in [9.17, 15) is 26.4 Å². The van der Waals surface area contributed by atoms with Crippen molar-refractivity contribution in [3.63, 3.8) is 0 Å². The number of halogens is 5. The lowest BCUT2D eigenvalue weighted by atomic mass is 9.90. The Labute approximate surface area is 248 Å². The number of nitrogens with zero attached hydrogens (tertiary/aromatic N) is 1. The van der Waals surface area contributed by atoms with Crippen molar-refractivity contribution in [2.45, 2.75) is 74.0 Å². The van der Waals surface area contributed by atoms with Crippen molar-refractivity contribution in [1.29, 1.82) is 0 Å². The van der Waals surface area contributed by atoms with Crippen LogP contribution in [0.3, 0.4) is 0 Å². The van der Waals surface area contributed by atoms with Crippen molar-refractivity contribution < 1.29 is 39.9 Å². The lowest BCUT2D eigenvalue weighted by Crippen LogP contribution is -2.57. The fourth-order valence-corrected chi connectivity index (χ4v) is 6.50. The molecule has 1 atom stereocenters. The van der Waals surface area contributed by atoms with Crippen molar-refractivity contribution in [1.82, 2.24) is 9.62 Å². The van der Waals surface area contributed by atoms with Crippen LogP contribution in [0.25, 0.3) is 5.57 Å². The van der Waals surface area contributed by atoms with E-state index in [4.69, 9.17) is 10.5 Å². The SMILES string of the molecule is C=C(c1ccc(C(F)(F)[C@@H](NS(=O)(=O)c2ccc(OCC3CCCCC3)cc2)C(=O)N2CCC(N)CC2)cc1)C(F)(F)F. The van der Waals surface area contributed by atoms with E-state index in [1.807, 2.05) is 4.72 Å². The highest BCUT2D eigenvalue weighted by molar-refractivity contribution is 7.89. The third-order valence-electron chi connectivity index (χ3n) is 8.04. The molecule has 0 spiro atoms. The minimum absolute atomic E-state index is 0.0473. The third kappa shape index (κ3) is 8.12. The molecule has 43 heavy (non-hydrogen) atoms. The van der Waals surface area contributed by atoms with Gasteiger partial charge in [-0.15, -0.1) is 0 Å². The number of piperidine rings is 1. The molecule has 0 radical (unpaired) electrons. The Morgan fingerprint density at radius 3 is 2.09 bits per heavy atom. The first-order valence-corrected chi connectivity index (χ1v) is 15.7. The van der Waals surface area contributed by atoms with E-state index in [0.717, 1.165) is 54.8 Å². The number of sulfonamides is 1. The smallest absolute Gasteiger partial charge is 0.416 e. The monoisotopic (exact) mass is 629 g/mol.